The van der Waals surface area contributed by atoms with Crippen LogP contribution in [0.15, 0.2) is 36.5 Å². The van der Waals surface area contributed by atoms with E-state index >= 15 is 0 Å². The van der Waals surface area contributed by atoms with Gasteiger partial charge in [-0.25, -0.2) is 4.98 Å². The average Bonchev–Trinajstić information content (AvgIpc) is 2.68. The molecule has 2 aromatic rings. The summed E-state index contributed by atoms with van der Waals surface area (Å²) in [7, 11) is 0. The van der Waals surface area contributed by atoms with Gasteiger partial charge < -0.3 is 14.8 Å². The Hall–Kier alpha value is -2.89. The molecule has 0 unspecified atom stereocenters. The maximum atomic E-state index is 12.6. The third-order valence-electron chi connectivity index (χ3n) is 5.46. The molecule has 1 aliphatic heterocycles. The first kappa shape index (κ1) is 18.5. The van der Waals surface area contributed by atoms with Crippen molar-refractivity contribution in [3.05, 3.63) is 47.7 Å². The van der Waals surface area contributed by atoms with Gasteiger partial charge in [-0.3, -0.25) is 9.59 Å². The lowest BCUT2D eigenvalue weighted by atomic mass is 9.78. The van der Waals surface area contributed by atoms with Gasteiger partial charge in [-0.15, -0.1) is 0 Å². The summed E-state index contributed by atoms with van der Waals surface area (Å²) >= 11 is 0. The average molecular weight is 380 g/mol. The highest BCUT2D eigenvalue weighted by Crippen LogP contribution is 2.42. The standard InChI is InChI=1S/C22H24N2O4/c1-15-6-5-11-23-21(15)24-20(26)14-27-16-7-8-17-18(25)13-22(28-19(17)12-16)9-3-2-4-10-22/h5-8,11-12H,2-4,9-10,13-14H2,1H3,(H,23,24,26). The molecule has 6 nitrogen and oxygen atoms in total. The Morgan fingerprint density at radius 2 is 2.07 bits per heavy atom. The smallest absolute Gasteiger partial charge is 0.263 e. The number of ketones is 1. The van der Waals surface area contributed by atoms with Gasteiger partial charge >= 0.3 is 0 Å². The number of amides is 1. The van der Waals surface area contributed by atoms with Crippen LogP contribution >= 0.6 is 0 Å². The Bertz CT molecular complexity index is 903. The molecule has 0 radical (unpaired) electrons. The van der Waals surface area contributed by atoms with Crippen molar-refractivity contribution in [2.45, 2.75) is 51.0 Å². The lowest BCUT2D eigenvalue weighted by Crippen LogP contribution is -2.43. The van der Waals surface area contributed by atoms with Crippen LogP contribution in [0.25, 0.3) is 0 Å². The van der Waals surface area contributed by atoms with Gasteiger partial charge in [0.25, 0.3) is 5.91 Å². The quantitative estimate of drug-likeness (QED) is 0.865. The van der Waals surface area contributed by atoms with Crippen molar-refractivity contribution in [3.63, 3.8) is 0 Å². The number of benzene rings is 1. The molecule has 1 aromatic heterocycles. The number of hydrogen-bond acceptors (Lipinski definition) is 5. The largest absolute Gasteiger partial charge is 0.486 e. The molecular formula is C22H24N2O4. The van der Waals surface area contributed by atoms with E-state index < -0.39 is 0 Å². The summed E-state index contributed by atoms with van der Waals surface area (Å²) in [5, 5.41) is 2.74. The molecule has 1 fully saturated rings. The monoisotopic (exact) mass is 380 g/mol. The zero-order valence-electron chi connectivity index (χ0n) is 16.0. The molecule has 6 heteroatoms. The Morgan fingerprint density at radius 1 is 1.25 bits per heavy atom. The van der Waals surface area contributed by atoms with Crippen LogP contribution in [-0.2, 0) is 4.79 Å². The van der Waals surface area contributed by atoms with E-state index in [0.29, 0.717) is 29.3 Å². The van der Waals surface area contributed by atoms with Gasteiger partial charge in [0.15, 0.2) is 12.4 Å². The third kappa shape index (κ3) is 3.86. The third-order valence-corrected chi connectivity index (χ3v) is 5.46. The first-order valence-electron chi connectivity index (χ1n) is 9.75. The van der Waals surface area contributed by atoms with E-state index in [1.807, 2.05) is 19.1 Å². The predicted octanol–water partition coefficient (Wildman–Crippen LogP) is 4.08. The number of rotatable bonds is 4. The van der Waals surface area contributed by atoms with Gasteiger partial charge in [0.1, 0.15) is 22.9 Å². The SMILES string of the molecule is Cc1cccnc1NC(=O)COc1ccc2c(c1)OC1(CCCCC1)CC2=O. The van der Waals surface area contributed by atoms with Crippen LogP contribution in [0.2, 0.25) is 0 Å². The van der Waals surface area contributed by atoms with Crippen molar-refractivity contribution in [3.8, 4) is 11.5 Å². The zero-order chi connectivity index (χ0) is 19.6. The number of ether oxygens (including phenoxy) is 2. The highest BCUT2D eigenvalue weighted by molar-refractivity contribution is 6.00. The molecule has 0 saturated heterocycles. The molecule has 1 aliphatic carbocycles. The molecule has 1 N–H and O–H groups in total. The molecule has 4 rings (SSSR count). The summed E-state index contributed by atoms with van der Waals surface area (Å²) < 4.78 is 11.9. The molecule has 1 saturated carbocycles. The molecular weight excluding hydrogens is 356 g/mol. The van der Waals surface area contributed by atoms with Gasteiger partial charge in [0.2, 0.25) is 0 Å². The molecule has 0 bridgehead atoms. The van der Waals surface area contributed by atoms with Gasteiger partial charge in [-0.1, -0.05) is 12.5 Å². The fraction of sp³-hybridized carbons (Fsp3) is 0.409. The van der Waals surface area contributed by atoms with E-state index in [4.69, 9.17) is 9.47 Å². The fourth-order valence-corrected chi connectivity index (χ4v) is 3.97. The number of anilines is 1. The summed E-state index contributed by atoms with van der Waals surface area (Å²) in [6.45, 7) is 1.73. The van der Waals surface area contributed by atoms with Crippen molar-refractivity contribution in [2.24, 2.45) is 0 Å². The van der Waals surface area contributed by atoms with Crippen molar-refractivity contribution in [1.82, 2.24) is 4.98 Å². The highest BCUT2D eigenvalue weighted by Gasteiger charge is 2.41. The molecule has 2 heterocycles. The number of carbonyl (C=O) groups is 2. The second kappa shape index (κ2) is 7.62. The van der Waals surface area contributed by atoms with Crippen LogP contribution in [0.1, 0.15) is 54.4 Å². The molecule has 0 atom stereocenters. The Morgan fingerprint density at radius 3 is 2.86 bits per heavy atom. The van der Waals surface area contributed by atoms with E-state index in [0.717, 1.165) is 31.2 Å². The van der Waals surface area contributed by atoms with Crippen molar-refractivity contribution >= 4 is 17.5 Å². The normalized spacial score (nSPS) is 17.5. The maximum Gasteiger partial charge on any atom is 0.263 e. The van der Waals surface area contributed by atoms with Gasteiger partial charge in [0.05, 0.1) is 12.0 Å². The molecule has 1 aromatic carbocycles. The number of Topliss-reactive ketones (excluding diaryl/α,β-unsaturated/α-hetero) is 1. The number of nitrogens with one attached hydrogen (secondary N) is 1. The summed E-state index contributed by atoms with van der Waals surface area (Å²) in [6, 6.07) is 8.85. The van der Waals surface area contributed by atoms with Crippen molar-refractivity contribution in [1.29, 1.82) is 0 Å². The maximum absolute atomic E-state index is 12.6. The first-order chi connectivity index (χ1) is 13.5. The summed E-state index contributed by atoms with van der Waals surface area (Å²) in [5.74, 6) is 1.43. The fourth-order valence-electron chi connectivity index (χ4n) is 3.97. The molecule has 2 aliphatic rings. The number of pyridine rings is 1. The van der Waals surface area contributed by atoms with E-state index in [9.17, 15) is 9.59 Å². The lowest BCUT2D eigenvalue weighted by Gasteiger charge is -2.40. The van der Waals surface area contributed by atoms with Crippen molar-refractivity contribution < 1.29 is 19.1 Å². The number of aromatic nitrogens is 1. The van der Waals surface area contributed by atoms with Crippen LogP contribution in [0.4, 0.5) is 5.82 Å². The van der Waals surface area contributed by atoms with Gasteiger partial charge in [0, 0.05) is 12.3 Å². The molecule has 1 amide bonds. The van der Waals surface area contributed by atoms with Crippen LogP contribution < -0.4 is 14.8 Å². The Kier molecular flexibility index (Phi) is 5.03. The number of fused-ring (bicyclic) bond motifs is 1. The lowest BCUT2D eigenvalue weighted by molar-refractivity contribution is -0.118. The summed E-state index contributed by atoms with van der Waals surface area (Å²) in [6.07, 6.45) is 7.27. The van der Waals surface area contributed by atoms with Crippen LogP contribution in [-0.4, -0.2) is 28.9 Å². The number of aryl methyl sites for hydroxylation is 1. The Balaban J connectivity index is 1.43. The van der Waals surface area contributed by atoms with Crippen LogP contribution in [0.5, 0.6) is 11.5 Å². The van der Waals surface area contributed by atoms with Crippen molar-refractivity contribution in [2.75, 3.05) is 11.9 Å². The molecule has 28 heavy (non-hydrogen) atoms. The van der Waals surface area contributed by atoms with Crippen LogP contribution in [0, 0.1) is 6.92 Å². The second-order valence-corrected chi connectivity index (χ2v) is 7.61. The molecule has 146 valence electrons. The number of carbonyl (C=O) groups excluding carboxylic acids is 2. The van der Waals surface area contributed by atoms with Gasteiger partial charge in [-0.05, 0) is 56.4 Å². The number of nitrogens with zero attached hydrogens (tertiary/aromatic N) is 1. The minimum absolute atomic E-state index is 0.123. The van der Waals surface area contributed by atoms with Gasteiger partial charge in [-0.2, -0.15) is 0 Å². The summed E-state index contributed by atoms with van der Waals surface area (Å²) in [4.78, 5) is 28.9. The highest BCUT2D eigenvalue weighted by atomic mass is 16.5. The first-order valence-corrected chi connectivity index (χ1v) is 9.75. The van der Waals surface area contributed by atoms with E-state index in [2.05, 4.69) is 10.3 Å². The minimum Gasteiger partial charge on any atom is -0.486 e. The topological polar surface area (TPSA) is 77.5 Å². The van der Waals surface area contributed by atoms with E-state index in [-0.39, 0.29) is 23.9 Å². The van der Waals surface area contributed by atoms with Crippen LogP contribution in [0.3, 0.4) is 0 Å². The van der Waals surface area contributed by atoms with E-state index in [1.54, 1.807) is 24.4 Å². The second-order valence-electron chi connectivity index (χ2n) is 7.61. The summed E-state index contributed by atoms with van der Waals surface area (Å²) in [5.41, 5.74) is 1.11. The minimum atomic E-state index is -0.366. The predicted molar refractivity (Wildman–Crippen MR) is 105 cm³/mol. The number of hydrogen-bond donors (Lipinski definition) is 1. The molecule has 1 spiro atoms. The Labute approximate surface area is 164 Å². The van der Waals surface area contributed by atoms with E-state index in [1.165, 1.54) is 6.42 Å². The zero-order valence-corrected chi connectivity index (χ0v) is 16.0.